The smallest absolute Gasteiger partial charge is 0.330 e. The number of thiophene rings is 1. The van der Waals surface area contributed by atoms with Gasteiger partial charge in [0.05, 0.1) is 6.61 Å². The Labute approximate surface area is 120 Å². The van der Waals surface area contributed by atoms with Gasteiger partial charge in [-0.1, -0.05) is 0 Å². The van der Waals surface area contributed by atoms with Crippen molar-refractivity contribution < 1.29 is 22.3 Å². The van der Waals surface area contributed by atoms with Gasteiger partial charge in [-0.2, -0.15) is 8.78 Å². The van der Waals surface area contributed by atoms with Crippen molar-refractivity contribution in [3.8, 4) is 0 Å². The standard InChI is InChI=1S/C10H13BrF4N2OS/c11-6-1-8(19-4-6)2-7(17-16)3-18-5-10(14,15)9(12)13/h1,4,7,9,17H,2-3,5,16H2. The Kier molecular flexibility index (Phi) is 6.67. The normalized spacial score (nSPS) is 14.1. The molecule has 0 bridgehead atoms. The molecular weight excluding hydrogens is 352 g/mol. The number of halogens is 5. The summed E-state index contributed by atoms with van der Waals surface area (Å²) in [7, 11) is 0. The van der Waals surface area contributed by atoms with Crippen LogP contribution in [0, 0.1) is 0 Å². The molecule has 9 heteroatoms. The Balaban J connectivity index is 2.37. The molecule has 0 aliphatic carbocycles. The van der Waals surface area contributed by atoms with E-state index in [9.17, 15) is 17.6 Å². The lowest BCUT2D eigenvalue weighted by atomic mass is 10.2. The third kappa shape index (κ3) is 5.74. The van der Waals surface area contributed by atoms with Gasteiger partial charge >= 0.3 is 12.3 Å². The van der Waals surface area contributed by atoms with E-state index in [1.807, 2.05) is 11.4 Å². The number of alkyl halides is 4. The van der Waals surface area contributed by atoms with Gasteiger partial charge in [0.15, 0.2) is 0 Å². The predicted octanol–water partition coefficient (Wildman–Crippen LogP) is 2.80. The average Bonchev–Trinajstić information content (AvgIpc) is 2.73. The van der Waals surface area contributed by atoms with Crippen molar-refractivity contribution in [1.82, 2.24) is 5.43 Å². The Hall–Kier alpha value is -0.220. The molecule has 0 spiro atoms. The third-order valence-electron chi connectivity index (χ3n) is 2.24. The van der Waals surface area contributed by atoms with Crippen molar-refractivity contribution in [3.63, 3.8) is 0 Å². The van der Waals surface area contributed by atoms with Gasteiger partial charge in [-0.15, -0.1) is 11.3 Å². The molecule has 0 fully saturated rings. The molecule has 0 aliphatic heterocycles. The van der Waals surface area contributed by atoms with Crippen LogP contribution < -0.4 is 11.3 Å². The summed E-state index contributed by atoms with van der Waals surface area (Å²) >= 11 is 4.75. The lowest BCUT2D eigenvalue weighted by molar-refractivity contribution is -0.167. The van der Waals surface area contributed by atoms with Gasteiger partial charge in [0.1, 0.15) is 6.61 Å². The molecular formula is C10H13BrF4N2OS. The quantitative estimate of drug-likeness (QED) is 0.423. The molecule has 110 valence electrons. The van der Waals surface area contributed by atoms with E-state index in [-0.39, 0.29) is 6.61 Å². The van der Waals surface area contributed by atoms with Crippen molar-refractivity contribution in [2.75, 3.05) is 13.2 Å². The first-order chi connectivity index (χ1) is 8.85. The summed E-state index contributed by atoms with van der Waals surface area (Å²) < 4.78 is 54.5. The molecule has 1 unspecified atom stereocenters. The number of ether oxygens (including phenoxy) is 1. The summed E-state index contributed by atoms with van der Waals surface area (Å²) in [5, 5.41) is 1.87. The fraction of sp³-hybridized carbons (Fsp3) is 0.600. The lowest BCUT2D eigenvalue weighted by Crippen LogP contribution is -2.42. The zero-order chi connectivity index (χ0) is 14.5. The van der Waals surface area contributed by atoms with Crippen LogP contribution in [-0.4, -0.2) is 31.6 Å². The van der Waals surface area contributed by atoms with Crippen LogP contribution in [0.4, 0.5) is 17.6 Å². The van der Waals surface area contributed by atoms with Crippen LogP contribution in [0.15, 0.2) is 15.9 Å². The van der Waals surface area contributed by atoms with Gasteiger partial charge < -0.3 is 4.74 Å². The minimum Gasteiger partial charge on any atom is -0.373 e. The summed E-state index contributed by atoms with van der Waals surface area (Å²) in [5.41, 5.74) is 2.41. The van der Waals surface area contributed by atoms with E-state index >= 15 is 0 Å². The number of hydrazine groups is 1. The second-order valence-electron chi connectivity index (χ2n) is 3.88. The minimum atomic E-state index is -4.13. The summed E-state index contributed by atoms with van der Waals surface area (Å²) in [6, 6.07) is 1.45. The largest absolute Gasteiger partial charge is 0.373 e. The molecule has 1 rings (SSSR count). The van der Waals surface area contributed by atoms with Crippen LogP contribution in [0.1, 0.15) is 4.88 Å². The van der Waals surface area contributed by atoms with Crippen LogP contribution in [-0.2, 0) is 11.2 Å². The minimum absolute atomic E-state index is 0.172. The molecule has 0 saturated heterocycles. The maximum absolute atomic E-state index is 12.6. The van der Waals surface area contributed by atoms with Crippen LogP contribution in [0.2, 0.25) is 0 Å². The molecule has 19 heavy (non-hydrogen) atoms. The number of nitrogens with two attached hydrogens (primary N) is 1. The van der Waals surface area contributed by atoms with Crippen LogP contribution >= 0.6 is 27.3 Å². The first kappa shape index (κ1) is 16.8. The summed E-state index contributed by atoms with van der Waals surface area (Å²) in [6.07, 6.45) is -3.27. The molecule has 1 aromatic heterocycles. The van der Waals surface area contributed by atoms with Crippen LogP contribution in [0.3, 0.4) is 0 Å². The molecule has 1 heterocycles. The van der Waals surface area contributed by atoms with Crippen molar-refractivity contribution in [2.24, 2.45) is 5.84 Å². The van der Waals surface area contributed by atoms with E-state index in [1.54, 1.807) is 0 Å². The zero-order valence-corrected chi connectivity index (χ0v) is 12.1. The predicted molar refractivity (Wildman–Crippen MR) is 68.6 cm³/mol. The Morgan fingerprint density at radius 1 is 1.47 bits per heavy atom. The van der Waals surface area contributed by atoms with E-state index in [0.717, 1.165) is 9.35 Å². The molecule has 0 aliphatic rings. The number of rotatable bonds is 8. The fourth-order valence-electron chi connectivity index (χ4n) is 1.27. The van der Waals surface area contributed by atoms with E-state index in [2.05, 4.69) is 26.1 Å². The molecule has 0 aromatic carbocycles. The topological polar surface area (TPSA) is 47.3 Å². The van der Waals surface area contributed by atoms with Crippen molar-refractivity contribution in [3.05, 3.63) is 20.8 Å². The highest BCUT2D eigenvalue weighted by atomic mass is 79.9. The van der Waals surface area contributed by atoms with Gasteiger partial charge in [-0.05, 0) is 22.0 Å². The molecule has 1 aromatic rings. The highest BCUT2D eigenvalue weighted by molar-refractivity contribution is 9.10. The van der Waals surface area contributed by atoms with Gasteiger partial charge in [0.2, 0.25) is 0 Å². The van der Waals surface area contributed by atoms with Gasteiger partial charge in [0.25, 0.3) is 0 Å². The number of hydrogen-bond donors (Lipinski definition) is 2. The van der Waals surface area contributed by atoms with Crippen molar-refractivity contribution in [1.29, 1.82) is 0 Å². The highest BCUT2D eigenvalue weighted by Gasteiger charge is 2.41. The molecule has 1 atom stereocenters. The first-order valence-electron chi connectivity index (χ1n) is 5.28. The number of hydrogen-bond acceptors (Lipinski definition) is 4. The van der Waals surface area contributed by atoms with E-state index in [1.165, 1.54) is 11.3 Å². The fourth-order valence-corrected chi connectivity index (χ4v) is 2.80. The molecule has 3 nitrogen and oxygen atoms in total. The number of nitrogens with one attached hydrogen (secondary N) is 1. The molecule has 0 radical (unpaired) electrons. The highest BCUT2D eigenvalue weighted by Crippen LogP contribution is 2.23. The monoisotopic (exact) mass is 364 g/mol. The molecule has 3 N–H and O–H groups in total. The zero-order valence-electron chi connectivity index (χ0n) is 9.71. The first-order valence-corrected chi connectivity index (χ1v) is 6.95. The van der Waals surface area contributed by atoms with Gasteiger partial charge in [-0.25, -0.2) is 8.78 Å². The Morgan fingerprint density at radius 2 is 2.16 bits per heavy atom. The third-order valence-corrected chi connectivity index (χ3v) is 3.96. The SMILES string of the molecule is NNC(COCC(F)(F)C(F)F)Cc1cc(Br)cs1. The molecule has 0 saturated carbocycles. The van der Waals surface area contributed by atoms with E-state index in [0.29, 0.717) is 6.42 Å². The van der Waals surface area contributed by atoms with E-state index < -0.39 is 25.0 Å². The Morgan fingerprint density at radius 3 is 2.63 bits per heavy atom. The molecule has 0 amide bonds. The lowest BCUT2D eigenvalue weighted by Gasteiger charge is -2.19. The van der Waals surface area contributed by atoms with Gasteiger partial charge in [0, 0.05) is 27.2 Å². The second kappa shape index (κ2) is 7.53. The van der Waals surface area contributed by atoms with E-state index in [4.69, 9.17) is 5.84 Å². The van der Waals surface area contributed by atoms with Crippen LogP contribution in [0.5, 0.6) is 0 Å². The second-order valence-corrected chi connectivity index (χ2v) is 5.79. The van der Waals surface area contributed by atoms with Gasteiger partial charge in [-0.3, -0.25) is 11.3 Å². The average molecular weight is 365 g/mol. The maximum Gasteiger partial charge on any atom is 0.330 e. The van der Waals surface area contributed by atoms with Crippen LogP contribution in [0.25, 0.3) is 0 Å². The summed E-state index contributed by atoms with van der Waals surface area (Å²) in [6.45, 7) is -1.49. The summed E-state index contributed by atoms with van der Waals surface area (Å²) in [5.74, 6) is 1.13. The van der Waals surface area contributed by atoms with Crippen molar-refractivity contribution >= 4 is 27.3 Å². The Bertz CT molecular complexity index is 391. The maximum atomic E-state index is 12.6. The summed E-state index contributed by atoms with van der Waals surface area (Å²) in [4.78, 5) is 0.971. The van der Waals surface area contributed by atoms with Crippen molar-refractivity contribution in [2.45, 2.75) is 24.8 Å².